The minimum absolute atomic E-state index is 0.642. The van der Waals surface area contributed by atoms with Crippen LogP contribution < -0.4 is 10.6 Å². The van der Waals surface area contributed by atoms with Crippen LogP contribution in [0.4, 0.5) is 5.69 Å². The van der Waals surface area contributed by atoms with Crippen molar-refractivity contribution in [2.24, 2.45) is 5.92 Å². The molecular weight excluding hydrogens is 276 g/mol. The zero-order valence-corrected chi connectivity index (χ0v) is 13.3. The van der Waals surface area contributed by atoms with Crippen LogP contribution in [-0.4, -0.2) is 11.7 Å². The highest BCUT2D eigenvalue weighted by Gasteiger charge is 2.07. The third-order valence-electron chi connectivity index (χ3n) is 3.22. The Hall–Kier alpha value is -0.800. The number of unbranched alkanes of at least 4 members (excludes halogenated alkanes) is 1. The molecule has 0 saturated heterocycles. The molecule has 2 nitrogen and oxygen atoms in total. The van der Waals surface area contributed by atoms with E-state index in [0.717, 1.165) is 12.2 Å². The molecule has 0 aliphatic carbocycles. The lowest BCUT2D eigenvalue weighted by Crippen LogP contribution is -2.32. The predicted molar refractivity (Wildman–Crippen MR) is 89.0 cm³/mol. The molecule has 0 aliphatic rings. The van der Waals surface area contributed by atoms with Crippen molar-refractivity contribution in [3.8, 4) is 0 Å². The number of thiocarbonyl (C=S) groups is 1. The van der Waals surface area contributed by atoms with Gasteiger partial charge in [0.25, 0.3) is 0 Å². The molecule has 19 heavy (non-hydrogen) atoms. The van der Waals surface area contributed by atoms with Crippen LogP contribution in [-0.2, 0) is 0 Å². The smallest absolute Gasteiger partial charge is 0.170 e. The molecule has 0 spiro atoms. The second-order valence-corrected chi connectivity index (χ2v) is 5.55. The lowest BCUT2D eigenvalue weighted by molar-refractivity contribution is 0.446. The molecule has 1 rings (SSSR count). The Morgan fingerprint density at radius 1 is 1.32 bits per heavy atom. The number of anilines is 1. The molecular formula is C15H23ClN2S. The molecule has 4 heteroatoms. The molecule has 0 fully saturated rings. The van der Waals surface area contributed by atoms with E-state index in [1.165, 1.54) is 25.7 Å². The van der Waals surface area contributed by atoms with Gasteiger partial charge in [-0.1, -0.05) is 56.8 Å². The number of hydrogen-bond acceptors (Lipinski definition) is 1. The van der Waals surface area contributed by atoms with Crippen LogP contribution >= 0.6 is 23.8 Å². The summed E-state index contributed by atoms with van der Waals surface area (Å²) in [5.74, 6) is 0.686. The molecule has 1 atom stereocenters. The third kappa shape index (κ3) is 6.26. The minimum Gasteiger partial charge on any atom is -0.362 e. The largest absolute Gasteiger partial charge is 0.362 e. The monoisotopic (exact) mass is 298 g/mol. The highest BCUT2D eigenvalue weighted by Crippen LogP contribution is 2.20. The second kappa shape index (κ2) is 9.16. The zero-order chi connectivity index (χ0) is 14.1. The number of rotatable bonds is 7. The maximum absolute atomic E-state index is 6.08. The highest BCUT2D eigenvalue weighted by atomic mass is 35.5. The Bertz CT molecular complexity index is 395. The van der Waals surface area contributed by atoms with Gasteiger partial charge in [-0.2, -0.15) is 0 Å². The van der Waals surface area contributed by atoms with E-state index in [4.69, 9.17) is 23.8 Å². The van der Waals surface area contributed by atoms with E-state index in [0.29, 0.717) is 16.1 Å². The van der Waals surface area contributed by atoms with Gasteiger partial charge in [-0.15, -0.1) is 0 Å². The van der Waals surface area contributed by atoms with Gasteiger partial charge in [0, 0.05) is 6.54 Å². The van der Waals surface area contributed by atoms with Gasteiger partial charge in [0.1, 0.15) is 0 Å². The summed E-state index contributed by atoms with van der Waals surface area (Å²) in [4.78, 5) is 0. The quantitative estimate of drug-likeness (QED) is 0.704. The molecule has 0 saturated carbocycles. The van der Waals surface area contributed by atoms with Gasteiger partial charge in [0.05, 0.1) is 10.7 Å². The summed E-state index contributed by atoms with van der Waals surface area (Å²) in [5, 5.41) is 7.74. The second-order valence-electron chi connectivity index (χ2n) is 4.73. The number of halogens is 1. The van der Waals surface area contributed by atoms with Crippen molar-refractivity contribution < 1.29 is 0 Å². The molecule has 0 amide bonds. The average Bonchev–Trinajstić information content (AvgIpc) is 2.41. The summed E-state index contributed by atoms with van der Waals surface area (Å²) in [5.41, 5.74) is 0.850. The fourth-order valence-electron chi connectivity index (χ4n) is 1.91. The topological polar surface area (TPSA) is 24.1 Å². The summed E-state index contributed by atoms with van der Waals surface area (Å²) >= 11 is 11.4. The molecule has 0 heterocycles. The predicted octanol–water partition coefficient (Wildman–Crippen LogP) is 4.84. The lowest BCUT2D eigenvalue weighted by Gasteiger charge is -2.17. The molecule has 0 bridgehead atoms. The van der Waals surface area contributed by atoms with Gasteiger partial charge in [0.2, 0.25) is 0 Å². The molecule has 1 aromatic rings. The lowest BCUT2D eigenvalue weighted by atomic mass is 9.99. The van der Waals surface area contributed by atoms with Crippen molar-refractivity contribution >= 4 is 34.6 Å². The van der Waals surface area contributed by atoms with Crippen molar-refractivity contribution in [1.29, 1.82) is 0 Å². The first kappa shape index (κ1) is 16.3. The van der Waals surface area contributed by atoms with E-state index in [2.05, 4.69) is 24.5 Å². The highest BCUT2D eigenvalue weighted by molar-refractivity contribution is 7.80. The molecule has 0 aliphatic heterocycles. The van der Waals surface area contributed by atoms with Gasteiger partial charge in [-0.05, 0) is 36.7 Å². The Labute approximate surface area is 126 Å². The fourth-order valence-corrected chi connectivity index (χ4v) is 2.29. The maximum Gasteiger partial charge on any atom is 0.170 e. The van der Waals surface area contributed by atoms with Crippen molar-refractivity contribution in [2.45, 2.75) is 39.5 Å². The van der Waals surface area contributed by atoms with Crippen molar-refractivity contribution in [3.05, 3.63) is 29.3 Å². The van der Waals surface area contributed by atoms with Gasteiger partial charge >= 0.3 is 0 Å². The summed E-state index contributed by atoms with van der Waals surface area (Å²) in [6, 6.07) is 7.61. The Balaban J connectivity index is 2.37. The van der Waals surface area contributed by atoms with Crippen LogP contribution in [0.15, 0.2) is 24.3 Å². The first-order chi connectivity index (χ1) is 9.17. The standard InChI is InChI=1S/C15H23ClN2S/c1-3-5-8-12(4-2)11-17-15(19)18-14-10-7-6-9-13(14)16/h6-7,9-10,12H,3-5,8,11H2,1-2H3,(H2,17,18,19). The number of hydrogen-bond donors (Lipinski definition) is 2. The molecule has 0 aromatic heterocycles. The van der Waals surface area contributed by atoms with Crippen LogP contribution in [0.25, 0.3) is 0 Å². The van der Waals surface area contributed by atoms with Crippen LogP contribution in [0.1, 0.15) is 39.5 Å². The number of para-hydroxylation sites is 1. The molecule has 1 aromatic carbocycles. The normalized spacial score (nSPS) is 11.9. The minimum atomic E-state index is 0.642. The van der Waals surface area contributed by atoms with E-state index >= 15 is 0 Å². The summed E-state index contributed by atoms with van der Waals surface area (Å²) < 4.78 is 0. The third-order valence-corrected chi connectivity index (χ3v) is 3.79. The van der Waals surface area contributed by atoms with Crippen molar-refractivity contribution in [1.82, 2.24) is 5.32 Å². The number of benzene rings is 1. The van der Waals surface area contributed by atoms with Gasteiger partial charge in [0.15, 0.2) is 5.11 Å². The fraction of sp³-hybridized carbons (Fsp3) is 0.533. The van der Waals surface area contributed by atoms with Gasteiger partial charge in [-0.3, -0.25) is 0 Å². The molecule has 106 valence electrons. The summed E-state index contributed by atoms with van der Waals surface area (Å²) in [7, 11) is 0. The SMILES string of the molecule is CCCCC(CC)CNC(=S)Nc1ccccc1Cl. The van der Waals surface area contributed by atoms with Crippen molar-refractivity contribution in [2.75, 3.05) is 11.9 Å². The molecule has 2 N–H and O–H groups in total. The Morgan fingerprint density at radius 2 is 2.05 bits per heavy atom. The van der Waals surface area contributed by atoms with E-state index in [9.17, 15) is 0 Å². The Kier molecular flexibility index (Phi) is 7.84. The maximum atomic E-state index is 6.08. The van der Waals surface area contributed by atoms with Crippen LogP contribution in [0.3, 0.4) is 0 Å². The number of nitrogens with one attached hydrogen (secondary N) is 2. The van der Waals surface area contributed by atoms with E-state index in [-0.39, 0.29) is 0 Å². The Morgan fingerprint density at radius 3 is 2.68 bits per heavy atom. The van der Waals surface area contributed by atoms with Gasteiger partial charge < -0.3 is 10.6 Å². The molecule has 1 unspecified atom stereocenters. The first-order valence-electron chi connectivity index (χ1n) is 6.96. The van der Waals surface area contributed by atoms with Crippen LogP contribution in [0.5, 0.6) is 0 Å². The summed E-state index contributed by atoms with van der Waals surface area (Å²) in [6.45, 7) is 5.38. The van der Waals surface area contributed by atoms with Crippen LogP contribution in [0.2, 0.25) is 5.02 Å². The van der Waals surface area contributed by atoms with Gasteiger partial charge in [-0.25, -0.2) is 0 Å². The van der Waals surface area contributed by atoms with Crippen molar-refractivity contribution in [3.63, 3.8) is 0 Å². The van der Waals surface area contributed by atoms with E-state index in [1.54, 1.807) is 0 Å². The first-order valence-corrected chi connectivity index (χ1v) is 7.75. The van der Waals surface area contributed by atoms with Crippen LogP contribution in [0, 0.1) is 5.92 Å². The average molecular weight is 299 g/mol. The summed E-state index contributed by atoms with van der Waals surface area (Å²) in [6.07, 6.45) is 4.97. The van der Waals surface area contributed by atoms with E-state index < -0.39 is 0 Å². The molecule has 0 radical (unpaired) electrons. The zero-order valence-electron chi connectivity index (χ0n) is 11.7. The van der Waals surface area contributed by atoms with E-state index in [1.807, 2.05) is 24.3 Å².